The Morgan fingerprint density at radius 1 is 1.09 bits per heavy atom. The highest BCUT2D eigenvalue weighted by Crippen LogP contribution is 2.45. The molecule has 3 aromatic rings. The molecular formula is C24H24N4O5S. The maximum absolute atomic E-state index is 13.3. The maximum atomic E-state index is 13.3. The van der Waals surface area contributed by atoms with Gasteiger partial charge in [0.1, 0.15) is 5.75 Å². The third-order valence-corrected chi connectivity index (χ3v) is 5.64. The van der Waals surface area contributed by atoms with E-state index >= 15 is 0 Å². The zero-order chi connectivity index (χ0) is 24.1. The molecule has 0 fully saturated rings. The second kappa shape index (κ2) is 10.5. The molecule has 0 saturated heterocycles. The lowest BCUT2D eigenvalue weighted by molar-refractivity contribution is -0.145. The normalized spacial score (nSPS) is 14.3. The molecule has 10 heteroatoms. The number of nitrogens with zero attached hydrogens (tertiary/aromatic N) is 4. The fourth-order valence-electron chi connectivity index (χ4n) is 3.60. The van der Waals surface area contributed by atoms with E-state index in [1.165, 1.54) is 11.8 Å². The van der Waals surface area contributed by atoms with Gasteiger partial charge in [0.15, 0.2) is 12.3 Å². The number of hydrogen-bond acceptors (Lipinski definition) is 9. The van der Waals surface area contributed by atoms with Gasteiger partial charge in [-0.25, -0.2) is 4.79 Å². The molecule has 2 heterocycles. The van der Waals surface area contributed by atoms with Crippen molar-refractivity contribution in [1.82, 2.24) is 15.2 Å². The Hall–Kier alpha value is -3.66. The molecule has 2 aromatic carbocycles. The van der Waals surface area contributed by atoms with Crippen LogP contribution < -0.4 is 14.4 Å². The van der Waals surface area contributed by atoms with E-state index in [1.54, 1.807) is 36.9 Å². The summed E-state index contributed by atoms with van der Waals surface area (Å²) in [5, 5.41) is 8.96. The summed E-state index contributed by atoms with van der Waals surface area (Å²) in [6.45, 7) is 3.50. The van der Waals surface area contributed by atoms with Crippen LogP contribution in [-0.2, 0) is 14.3 Å². The van der Waals surface area contributed by atoms with E-state index in [9.17, 15) is 9.59 Å². The number of carbonyl (C=O) groups excluding carboxylic acids is 2. The fourth-order valence-corrected chi connectivity index (χ4v) is 3.89. The molecule has 1 atom stereocenters. The van der Waals surface area contributed by atoms with Crippen LogP contribution in [0.25, 0.3) is 11.3 Å². The standard InChI is InChI=1S/C24H24N4O5S/c1-4-19(29)28-17-12-8-6-10-15(17)21-22(25-24(34-3)27-26-21)33-23(28)16-11-7-9-13-18(16)32-14-20(30)31-5-2/h6-13,23H,4-5,14H2,1-3H3. The van der Waals surface area contributed by atoms with Crippen LogP contribution in [0.4, 0.5) is 5.69 Å². The van der Waals surface area contributed by atoms with Gasteiger partial charge in [-0.2, -0.15) is 4.98 Å². The number of para-hydroxylation sites is 2. The molecule has 0 saturated carbocycles. The molecule has 1 aromatic heterocycles. The van der Waals surface area contributed by atoms with Gasteiger partial charge in [0, 0.05) is 12.0 Å². The molecule has 1 unspecified atom stereocenters. The van der Waals surface area contributed by atoms with Gasteiger partial charge in [0.25, 0.3) is 0 Å². The van der Waals surface area contributed by atoms with E-state index in [-0.39, 0.29) is 31.4 Å². The van der Waals surface area contributed by atoms with Gasteiger partial charge in [0.05, 0.1) is 17.9 Å². The third kappa shape index (κ3) is 4.67. The van der Waals surface area contributed by atoms with E-state index in [0.29, 0.717) is 33.4 Å². The lowest BCUT2D eigenvalue weighted by atomic mass is 10.1. The second-order valence-electron chi connectivity index (χ2n) is 7.19. The van der Waals surface area contributed by atoms with Gasteiger partial charge >= 0.3 is 5.97 Å². The van der Waals surface area contributed by atoms with Gasteiger partial charge < -0.3 is 14.2 Å². The molecule has 1 aliphatic heterocycles. The summed E-state index contributed by atoms with van der Waals surface area (Å²) in [6, 6.07) is 14.5. The Balaban J connectivity index is 1.86. The van der Waals surface area contributed by atoms with E-state index < -0.39 is 12.2 Å². The molecule has 0 aliphatic carbocycles. The molecule has 9 nitrogen and oxygen atoms in total. The van der Waals surface area contributed by atoms with Gasteiger partial charge in [-0.15, -0.1) is 10.2 Å². The Kier molecular flexibility index (Phi) is 7.27. The summed E-state index contributed by atoms with van der Waals surface area (Å²) in [4.78, 5) is 31.3. The second-order valence-corrected chi connectivity index (χ2v) is 7.96. The van der Waals surface area contributed by atoms with Crippen LogP contribution in [0.1, 0.15) is 32.1 Å². The number of ether oxygens (including phenoxy) is 3. The highest BCUT2D eigenvalue weighted by molar-refractivity contribution is 7.98. The van der Waals surface area contributed by atoms with Crippen molar-refractivity contribution in [2.24, 2.45) is 0 Å². The zero-order valence-corrected chi connectivity index (χ0v) is 19.9. The van der Waals surface area contributed by atoms with Crippen molar-refractivity contribution >= 4 is 29.3 Å². The van der Waals surface area contributed by atoms with Crippen molar-refractivity contribution in [3.63, 3.8) is 0 Å². The average Bonchev–Trinajstić information content (AvgIpc) is 3.01. The number of thioether (sulfide) groups is 1. The van der Waals surface area contributed by atoms with Crippen LogP contribution >= 0.6 is 11.8 Å². The van der Waals surface area contributed by atoms with E-state index in [2.05, 4.69) is 15.2 Å². The summed E-state index contributed by atoms with van der Waals surface area (Å²) >= 11 is 1.34. The molecule has 0 spiro atoms. The summed E-state index contributed by atoms with van der Waals surface area (Å²) in [5.74, 6) is -0.00721. The van der Waals surface area contributed by atoms with Crippen LogP contribution in [0.5, 0.6) is 11.6 Å². The molecule has 0 N–H and O–H groups in total. The molecule has 0 bridgehead atoms. The molecule has 34 heavy (non-hydrogen) atoms. The average molecular weight is 481 g/mol. The highest BCUT2D eigenvalue weighted by Gasteiger charge is 2.36. The Morgan fingerprint density at radius 3 is 2.62 bits per heavy atom. The lowest BCUT2D eigenvalue weighted by Gasteiger charge is -2.31. The van der Waals surface area contributed by atoms with Gasteiger partial charge in [-0.05, 0) is 31.4 Å². The summed E-state index contributed by atoms with van der Waals surface area (Å²) in [7, 11) is 0. The predicted octanol–water partition coefficient (Wildman–Crippen LogP) is 4.04. The van der Waals surface area contributed by atoms with Crippen molar-refractivity contribution in [1.29, 1.82) is 0 Å². The predicted molar refractivity (Wildman–Crippen MR) is 127 cm³/mol. The number of hydrogen-bond donors (Lipinski definition) is 0. The first-order chi connectivity index (χ1) is 16.6. The minimum Gasteiger partial charge on any atom is -0.481 e. The summed E-state index contributed by atoms with van der Waals surface area (Å²) in [6.07, 6.45) is 1.17. The molecule has 4 rings (SSSR count). The van der Waals surface area contributed by atoms with Gasteiger partial charge in [-0.1, -0.05) is 49.0 Å². The SMILES string of the molecule is CCOC(=O)COc1ccccc1C1Oc2nc(SC)nnc2-c2ccccc2N1C(=O)CC. The number of aromatic nitrogens is 3. The van der Waals surface area contributed by atoms with Crippen LogP contribution in [0.2, 0.25) is 0 Å². The van der Waals surface area contributed by atoms with Crippen molar-refractivity contribution in [2.75, 3.05) is 24.4 Å². The topological polar surface area (TPSA) is 104 Å². The van der Waals surface area contributed by atoms with E-state index in [0.717, 1.165) is 0 Å². The smallest absolute Gasteiger partial charge is 0.344 e. The monoisotopic (exact) mass is 480 g/mol. The molecule has 0 radical (unpaired) electrons. The Labute approximate surface area is 201 Å². The largest absolute Gasteiger partial charge is 0.481 e. The first-order valence-electron chi connectivity index (χ1n) is 10.8. The Morgan fingerprint density at radius 2 is 1.85 bits per heavy atom. The molecule has 1 amide bonds. The molecule has 1 aliphatic rings. The van der Waals surface area contributed by atoms with Crippen molar-refractivity contribution < 1.29 is 23.8 Å². The minimum absolute atomic E-state index is 0.163. The number of carbonyl (C=O) groups is 2. The zero-order valence-electron chi connectivity index (χ0n) is 19.1. The molecular weight excluding hydrogens is 456 g/mol. The van der Waals surface area contributed by atoms with E-state index in [1.807, 2.05) is 36.6 Å². The molecule has 176 valence electrons. The highest BCUT2D eigenvalue weighted by atomic mass is 32.2. The quantitative estimate of drug-likeness (QED) is 0.366. The summed E-state index contributed by atoms with van der Waals surface area (Å²) in [5.41, 5.74) is 2.29. The van der Waals surface area contributed by atoms with Crippen LogP contribution in [0, 0.1) is 0 Å². The first-order valence-corrected chi connectivity index (χ1v) is 12.0. The maximum Gasteiger partial charge on any atom is 0.344 e. The van der Waals surface area contributed by atoms with Crippen LogP contribution in [-0.4, -0.2) is 46.5 Å². The van der Waals surface area contributed by atoms with Crippen molar-refractivity contribution in [3.8, 4) is 22.9 Å². The Bertz CT molecular complexity index is 1210. The number of rotatable bonds is 7. The van der Waals surface area contributed by atoms with Crippen LogP contribution in [0.15, 0.2) is 53.7 Å². The lowest BCUT2D eigenvalue weighted by Crippen LogP contribution is -2.37. The van der Waals surface area contributed by atoms with Gasteiger partial charge in [-0.3, -0.25) is 9.69 Å². The number of esters is 1. The number of amides is 1. The first kappa shape index (κ1) is 23.5. The van der Waals surface area contributed by atoms with Gasteiger partial charge in [0.2, 0.25) is 23.2 Å². The van der Waals surface area contributed by atoms with Crippen LogP contribution in [0.3, 0.4) is 0 Å². The van der Waals surface area contributed by atoms with E-state index in [4.69, 9.17) is 14.2 Å². The van der Waals surface area contributed by atoms with Crippen molar-refractivity contribution in [2.45, 2.75) is 31.7 Å². The fraction of sp³-hybridized carbons (Fsp3) is 0.292. The third-order valence-electron chi connectivity index (χ3n) is 5.10. The minimum atomic E-state index is -0.917. The number of anilines is 1. The number of fused-ring (bicyclic) bond motifs is 3. The summed E-state index contributed by atoms with van der Waals surface area (Å²) < 4.78 is 17.1. The number of benzene rings is 2. The van der Waals surface area contributed by atoms with Crippen molar-refractivity contribution in [3.05, 3.63) is 54.1 Å².